The van der Waals surface area contributed by atoms with Gasteiger partial charge in [0.25, 0.3) is 0 Å². The highest BCUT2D eigenvalue weighted by molar-refractivity contribution is 5.88. The van der Waals surface area contributed by atoms with E-state index >= 15 is 0 Å². The predicted octanol–water partition coefficient (Wildman–Crippen LogP) is -1.78. The van der Waals surface area contributed by atoms with Crippen LogP contribution in [0.25, 0.3) is 0 Å². The van der Waals surface area contributed by atoms with Gasteiger partial charge < -0.3 is 20.6 Å². The van der Waals surface area contributed by atoms with Crippen molar-refractivity contribution >= 4 is 17.7 Å². The third-order valence-electron chi connectivity index (χ3n) is 2.72. The second kappa shape index (κ2) is 6.95. The SMILES string of the molecule is CCC(=O)NCC(=O)NCC(=O)N1CCC(O)C1. The van der Waals surface area contributed by atoms with Crippen LogP contribution in [0.2, 0.25) is 0 Å². The van der Waals surface area contributed by atoms with E-state index in [1.165, 1.54) is 4.90 Å². The van der Waals surface area contributed by atoms with Crippen molar-refractivity contribution in [2.24, 2.45) is 0 Å². The van der Waals surface area contributed by atoms with Crippen LogP contribution in [0.15, 0.2) is 0 Å². The maximum atomic E-state index is 11.6. The molecule has 0 radical (unpaired) electrons. The van der Waals surface area contributed by atoms with Crippen molar-refractivity contribution in [2.45, 2.75) is 25.9 Å². The zero-order valence-corrected chi connectivity index (χ0v) is 10.4. The minimum Gasteiger partial charge on any atom is -0.391 e. The van der Waals surface area contributed by atoms with E-state index in [2.05, 4.69) is 10.6 Å². The Morgan fingerprint density at radius 1 is 1.22 bits per heavy atom. The summed E-state index contributed by atoms with van der Waals surface area (Å²) in [4.78, 5) is 35.3. The summed E-state index contributed by atoms with van der Waals surface area (Å²) in [6.07, 6.45) is 0.429. The molecule has 18 heavy (non-hydrogen) atoms. The van der Waals surface area contributed by atoms with Gasteiger partial charge in [-0.15, -0.1) is 0 Å². The number of nitrogens with one attached hydrogen (secondary N) is 2. The van der Waals surface area contributed by atoms with E-state index in [0.29, 0.717) is 25.9 Å². The molecule has 0 aliphatic carbocycles. The minimum absolute atomic E-state index is 0.104. The average molecular weight is 257 g/mol. The van der Waals surface area contributed by atoms with Crippen molar-refractivity contribution in [3.05, 3.63) is 0 Å². The number of nitrogens with zero attached hydrogens (tertiary/aromatic N) is 1. The number of amides is 3. The first-order chi connectivity index (χ1) is 8.52. The van der Waals surface area contributed by atoms with Gasteiger partial charge in [0.2, 0.25) is 17.7 Å². The van der Waals surface area contributed by atoms with Crippen LogP contribution >= 0.6 is 0 Å². The van der Waals surface area contributed by atoms with E-state index in [1.54, 1.807) is 6.92 Å². The molecule has 1 unspecified atom stereocenters. The number of hydrogen-bond donors (Lipinski definition) is 3. The van der Waals surface area contributed by atoms with Crippen molar-refractivity contribution in [1.82, 2.24) is 15.5 Å². The number of β-amino-alcohol motifs (C(OH)–C–C–N with tert-alkyl or cyclic N) is 1. The molecule has 1 fully saturated rings. The first-order valence-corrected chi connectivity index (χ1v) is 6.02. The Balaban J connectivity index is 2.18. The van der Waals surface area contributed by atoms with Crippen molar-refractivity contribution in [2.75, 3.05) is 26.2 Å². The van der Waals surface area contributed by atoms with Crippen LogP contribution in [0.1, 0.15) is 19.8 Å². The molecule has 0 bridgehead atoms. The molecule has 1 atom stereocenters. The lowest BCUT2D eigenvalue weighted by atomic mass is 10.3. The topological polar surface area (TPSA) is 98.7 Å². The summed E-state index contributed by atoms with van der Waals surface area (Å²) in [6, 6.07) is 0. The highest BCUT2D eigenvalue weighted by Crippen LogP contribution is 2.07. The molecule has 102 valence electrons. The van der Waals surface area contributed by atoms with Crippen LogP contribution in [-0.4, -0.2) is 60.0 Å². The fourth-order valence-corrected chi connectivity index (χ4v) is 1.62. The highest BCUT2D eigenvalue weighted by atomic mass is 16.3. The van der Waals surface area contributed by atoms with Gasteiger partial charge in [-0.25, -0.2) is 0 Å². The van der Waals surface area contributed by atoms with Crippen molar-refractivity contribution < 1.29 is 19.5 Å². The smallest absolute Gasteiger partial charge is 0.242 e. The van der Waals surface area contributed by atoms with Crippen LogP contribution in [0.5, 0.6) is 0 Å². The zero-order chi connectivity index (χ0) is 13.5. The molecule has 0 saturated carbocycles. The molecule has 3 amide bonds. The van der Waals surface area contributed by atoms with Gasteiger partial charge in [-0.3, -0.25) is 14.4 Å². The molecule has 0 spiro atoms. The highest BCUT2D eigenvalue weighted by Gasteiger charge is 2.24. The Morgan fingerprint density at radius 3 is 2.44 bits per heavy atom. The number of hydrogen-bond acceptors (Lipinski definition) is 4. The van der Waals surface area contributed by atoms with Crippen LogP contribution in [0, 0.1) is 0 Å². The third kappa shape index (κ3) is 4.70. The van der Waals surface area contributed by atoms with Crippen LogP contribution in [-0.2, 0) is 14.4 Å². The lowest BCUT2D eigenvalue weighted by Crippen LogP contribution is -2.43. The molecule has 1 saturated heterocycles. The maximum absolute atomic E-state index is 11.6. The molecule has 1 aliphatic heterocycles. The monoisotopic (exact) mass is 257 g/mol. The predicted molar refractivity (Wildman–Crippen MR) is 63.5 cm³/mol. The van der Waals surface area contributed by atoms with Gasteiger partial charge in [0.05, 0.1) is 19.2 Å². The molecule has 0 aromatic heterocycles. The van der Waals surface area contributed by atoms with E-state index in [0.717, 1.165) is 0 Å². The van der Waals surface area contributed by atoms with Crippen molar-refractivity contribution in [1.29, 1.82) is 0 Å². The van der Waals surface area contributed by atoms with E-state index in [9.17, 15) is 19.5 Å². The quantitative estimate of drug-likeness (QED) is 0.542. The molecule has 7 nitrogen and oxygen atoms in total. The minimum atomic E-state index is -0.464. The first kappa shape index (κ1) is 14.4. The zero-order valence-electron chi connectivity index (χ0n) is 10.4. The Bertz CT molecular complexity index is 332. The molecular weight excluding hydrogens is 238 g/mol. The number of carbonyl (C=O) groups excluding carboxylic acids is 3. The Labute approximate surface area is 106 Å². The summed E-state index contributed by atoms with van der Waals surface area (Å²) in [5, 5.41) is 14.1. The normalized spacial score (nSPS) is 18.6. The van der Waals surface area contributed by atoms with Crippen LogP contribution < -0.4 is 10.6 Å². The average Bonchev–Trinajstić information content (AvgIpc) is 2.79. The second-order valence-electron chi connectivity index (χ2n) is 4.19. The molecule has 7 heteroatoms. The van der Waals surface area contributed by atoms with Gasteiger partial charge >= 0.3 is 0 Å². The van der Waals surface area contributed by atoms with Gasteiger partial charge in [-0.2, -0.15) is 0 Å². The van der Waals surface area contributed by atoms with Crippen molar-refractivity contribution in [3.63, 3.8) is 0 Å². The van der Waals surface area contributed by atoms with E-state index in [1.807, 2.05) is 0 Å². The largest absolute Gasteiger partial charge is 0.391 e. The molecule has 3 N–H and O–H groups in total. The van der Waals surface area contributed by atoms with E-state index < -0.39 is 12.0 Å². The Kier molecular flexibility index (Phi) is 5.57. The van der Waals surface area contributed by atoms with Crippen LogP contribution in [0.3, 0.4) is 0 Å². The van der Waals surface area contributed by atoms with E-state index in [-0.39, 0.29) is 24.9 Å². The maximum Gasteiger partial charge on any atom is 0.242 e. The fourth-order valence-electron chi connectivity index (χ4n) is 1.62. The van der Waals surface area contributed by atoms with Gasteiger partial charge in [-0.05, 0) is 6.42 Å². The van der Waals surface area contributed by atoms with Gasteiger partial charge in [0.15, 0.2) is 0 Å². The van der Waals surface area contributed by atoms with Gasteiger partial charge in [0, 0.05) is 19.5 Å². The third-order valence-corrected chi connectivity index (χ3v) is 2.72. The number of carbonyl (C=O) groups is 3. The van der Waals surface area contributed by atoms with Gasteiger partial charge in [0.1, 0.15) is 0 Å². The number of aliphatic hydroxyl groups is 1. The summed E-state index contributed by atoms with van der Waals surface area (Å²) in [5.74, 6) is -0.828. The lowest BCUT2D eigenvalue weighted by Gasteiger charge is -2.15. The Morgan fingerprint density at radius 2 is 1.89 bits per heavy atom. The summed E-state index contributed by atoms with van der Waals surface area (Å²) < 4.78 is 0. The molecule has 0 aromatic carbocycles. The van der Waals surface area contributed by atoms with Crippen LogP contribution in [0.4, 0.5) is 0 Å². The van der Waals surface area contributed by atoms with Crippen molar-refractivity contribution in [3.8, 4) is 0 Å². The van der Waals surface area contributed by atoms with E-state index in [4.69, 9.17) is 0 Å². The first-order valence-electron chi connectivity index (χ1n) is 6.02. The molecule has 1 heterocycles. The molecule has 1 aliphatic rings. The summed E-state index contributed by atoms with van der Waals surface area (Å²) in [6.45, 7) is 2.30. The van der Waals surface area contributed by atoms with Gasteiger partial charge in [-0.1, -0.05) is 6.92 Å². The summed E-state index contributed by atoms with van der Waals surface area (Å²) >= 11 is 0. The molecule has 1 rings (SSSR count). The summed E-state index contributed by atoms with van der Waals surface area (Å²) in [5.41, 5.74) is 0. The molecule has 0 aromatic rings. The number of rotatable bonds is 5. The summed E-state index contributed by atoms with van der Waals surface area (Å²) in [7, 11) is 0. The fraction of sp³-hybridized carbons (Fsp3) is 0.727. The second-order valence-corrected chi connectivity index (χ2v) is 4.19. The number of likely N-dealkylation sites (tertiary alicyclic amines) is 1. The standard InChI is InChI=1S/C11H19N3O4/c1-2-9(16)12-5-10(17)13-6-11(18)14-4-3-8(15)7-14/h8,15H,2-7H2,1H3,(H,12,16)(H,13,17). The molecular formula is C11H19N3O4. The lowest BCUT2D eigenvalue weighted by molar-refractivity contribution is -0.132. The number of aliphatic hydroxyl groups excluding tert-OH is 1. The Hall–Kier alpha value is -1.63.